The van der Waals surface area contributed by atoms with Crippen molar-refractivity contribution in [3.8, 4) is 0 Å². The summed E-state index contributed by atoms with van der Waals surface area (Å²) in [5.74, 6) is 0.197. The van der Waals surface area contributed by atoms with E-state index in [2.05, 4.69) is 16.4 Å². The molecular formula is C17H12F3N2. The molecule has 1 N–H and O–H groups in total. The van der Waals surface area contributed by atoms with Crippen LogP contribution in [-0.2, 0) is 12.7 Å². The molecule has 0 unspecified atom stereocenters. The van der Waals surface area contributed by atoms with Gasteiger partial charge >= 0.3 is 6.18 Å². The Morgan fingerprint density at radius 1 is 1.09 bits per heavy atom. The van der Waals surface area contributed by atoms with Crippen molar-refractivity contribution in [1.82, 2.24) is 4.98 Å². The molecule has 0 bridgehead atoms. The van der Waals surface area contributed by atoms with Gasteiger partial charge in [-0.2, -0.15) is 13.2 Å². The van der Waals surface area contributed by atoms with E-state index in [1.54, 1.807) is 0 Å². The Kier molecular flexibility index (Phi) is 3.71. The van der Waals surface area contributed by atoms with Crippen molar-refractivity contribution in [2.45, 2.75) is 12.7 Å². The zero-order valence-electron chi connectivity index (χ0n) is 11.5. The molecule has 1 aromatic heterocycles. The summed E-state index contributed by atoms with van der Waals surface area (Å²) in [5, 5.41) is 3.02. The van der Waals surface area contributed by atoms with E-state index >= 15 is 0 Å². The maximum atomic E-state index is 13.2. The van der Waals surface area contributed by atoms with Crippen molar-refractivity contribution >= 4 is 16.7 Å². The summed E-state index contributed by atoms with van der Waals surface area (Å²) < 4.78 is 39.6. The van der Waals surface area contributed by atoms with E-state index in [-0.39, 0.29) is 16.7 Å². The van der Waals surface area contributed by atoms with Gasteiger partial charge in [-0.05, 0) is 23.8 Å². The monoisotopic (exact) mass is 301 g/mol. The molecule has 0 amide bonds. The first-order valence-electron chi connectivity index (χ1n) is 6.70. The Hall–Kier alpha value is -2.56. The van der Waals surface area contributed by atoms with Gasteiger partial charge in [0.2, 0.25) is 0 Å². The van der Waals surface area contributed by atoms with E-state index < -0.39 is 11.7 Å². The molecular weight excluding hydrogens is 289 g/mol. The fourth-order valence-corrected chi connectivity index (χ4v) is 2.23. The van der Waals surface area contributed by atoms with Crippen molar-refractivity contribution < 1.29 is 13.2 Å². The Morgan fingerprint density at radius 3 is 2.59 bits per heavy atom. The lowest BCUT2D eigenvalue weighted by atomic mass is 10.1. The number of pyridine rings is 1. The molecule has 2 nitrogen and oxygen atoms in total. The van der Waals surface area contributed by atoms with Gasteiger partial charge in [0.25, 0.3) is 0 Å². The zero-order chi connectivity index (χ0) is 15.6. The summed E-state index contributed by atoms with van der Waals surface area (Å²) in [6, 6.07) is 17.5. The first-order valence-corrected chi connectivity index (χ1v) is 6.70. The summed E-state index contributed by atoms with van der Waals surface area (Å²) in [4.78, 5) is 4.22. The van der Waals surface area contributed by atoms with Crippen LogP contribution in [-0.4, -0.2) is 4.98 Å². The number of alkyl halides is 3. The number of fused-ring (bicyclic) bond motifs is 1. The molecule has 3 aromatic rings. The van der Waals surface area contributed by atoms with E-state index in [1.165, 1.54) is 18.2 Å². The summed E-state index contributed by atoms with van der Waals surface area (Å²) in [5.41, 5.74) is 0.549. The number of nitrogens with one attached hydrogen (secondary N) is 1. The third-order valence-corrected chi connectivity index (χ3v) is 3.28. The summed E-state index contributed by atoms with van der Waals surface area (Å²) in [6.07, 6.45) is -4.42. The van der Waals surface area contributed by atoms with E-state index in [9.17, 15) is 13.2 Å². The second-order valence-electron chi connectivity index (χ2n) is 4.84. The molecule has 5 heteroatoms. The van der Waals surface area contributed by atoms with Gasteiger partial charge in [-0.1, -0.05) is 42.5 Å². The van der Waals surface area contributed by atoms with E-state index in [1.807, 2.05) is 30.3 Å². The predicted octanol–water partition coefficient (Wildman–Crippen LogP) is 4.67. The van der Waals surface area contributed by atoms with Crippen LogP contribution in [0.3, 0.4) is 0 Å². The highest BCUT2D eigenvalue weighted by Gasteiger charge is 2.33. The molecule has 0 atom stereocenters. The van der Waals surface area contributed by atoms with Crippen molar-refractivity contribution in [1.29, 1.82) is 0 Å². The van der Waals surface area contributed by atoms with Gasteiger partial charge < -0.3 is 5.32 Å². The molecule has 22 heavy (non-hydrogen) atoms. The Labute approximate surface area is 125 Å². The number of halogens is 3. The van der Waals surface area contributed by atoms with Crippen molar-refractivity contribution in [3.05, 3.63) is 71.8 Å². The highest BCUT2D eigenvalue weighted by atomic mass is 19.4. The average molecular weight is 301 g/mol. The summed E-state index contributed by atoms with van der Waals surface area (Å²) >= 11 is 0. The van der Waals surface area contributed by atoms with Crippen LogP contribution in [0.5, 0.6) is 0 Å². The van der Waals surface area contributed by atoms with Crippen LogP contribution >= 0.6 is 0 Å². The second-order valence-corrected chi connectivity index (χ2v) is 4.84. The minimum Gasteiger partial charge on any atom is -0.366 e. The lowest BCUT2D eigenvalue weighted by molar-refractivity contribution is -0.136. The summed E-state index contributed by atoms with van der Waals surface area (Å²) in [6.45, 7) is 0.410. The van der Waals surface area contributed by atoms with Gasteiger partial charge in [0.15, 0.2) is 0 Å². The molecule has 1 heterocycles. The van der Waals surface area contributed by atoms with Gasteiger partial charge in [-0.25, -0.2) is 4.98 Å². The van der Waals surface area contributed by atoms with Crippen LogP contribution in [0.1, 0.15) is 11.1 Å². The number of rotatable bonds is 3. The maximum absolute atomic E-state index is 13.2. The largest absolute Gasteiger partial charge is 0.417 e. The Bertz CT molecular complexity index is 783. The molecule has 0 saturated carbocycles. The maximum Gasteiger partial charge on any atom is 0.417 e. The van der Waals surface area contributed by atoms with Gasteiger partial charge in [0, 0.05) is 11.9 Å². The van der Waals surface area contributed by atoms with Crippen LogP contribution in [0, 0.1) is 6.07 Å². The molecule has 0 aliphatic carbocycles. The Morgan fingerprint density at radius 2 is 1.86 bits per heavy atom. The van der Waals surface area contributed by atoms with Gasteiger partial charge in [0.05, 0.1) is 11.1 Å². The number of aromatic nitrogens is 1. The molecule has 0 saturated heterocycles. The predicted molar refractivity (Wildman–Crippen MR) is 79.3 cm³/mol. The first-order chi connectivity index (χ1) is 10.5. The second kappa shape index (κ2) is 5.67. The molecule has 0 aliphatic heterocycles. The fourth-order valence-electron chi connectivity index (χ4n) is 2.23. The smallest absolute Gasteiger partial charge is 0.366 e. The van der Waals surface area contributed by atoms with Crippen LogP contribution in [0.15, 0.2) is 54.6 Å². The topological polar surface area (TPSA) is 24.9 Å². The number of nitrogens with zero attached hydrogens (tertiary/aromatic N) is 1. The highest BCUT2D eigenvalue weighted by molar-refractivity contribution is 5.84. The van der Waals surface area contributed by atoms with Crippen LogP contribution < -0.4 is 5.32 Å². The number of hydrogen-bond acceptors (Lipinski definition) is 2. The standard InChI is InChI=1S/C17H12F3N2/c18-17(19,20)14-10-16(21-11-12-6-2-1-3-7-12)22-15-9-5-4-8-13(14)15/h1-4,6-10H,11H2,(H,21,22). The van der Waals surface area contributed by atoms with Crippen molar-refractivity contribution in [3.63, 3.8) is 0 Å². The summed E-state index contributed by atoms with van der Waals surface area (Å²) in [7, 11) is 0. The van der Waals surface area contributed by atoms with Crippen molar-refractivity contribution in [2.24, 2.45) is 0 Å². The van der Waals surface area contributed by atoms with Gasteiger partial charge in [-0.15, -0.1) is 0 Å². The normalized spacial score (nSPS) is 11.6. The third-order valence-electron chi connectivity index (χ3n) is 3.28. The molecule has 111 valence electrons. The lowest BCUT2D eigenvalue weighted by Crippen LogP contribution is -2.09. The fraction of sp³-hybridized carbons (Fsp3) is 0.118. The van der Waals surface area contributed by atoms with Crippen molar-refractivity contribution in [2.75, 3.05) is 5.32 Å². The zero-order valence-corrected chi connectivity index (χ0v) is 11.5. The quantitative estimate of drug-likeness (QED) is 0.760. The van der Waals surface area contributed by atoms with E-state index in [0.717, 1.165) is 11.6 Å². The molecule has 3 rings (SSSR count). The molecule has 0 fully saturated rings. The number of hydrogen-bond donors (Lipinski definition) is 1. The SMILES string of the molecule is FC(F)(F)c1cc(NCc2ccccc2)nc2c[c]ccc12. The lowest BCUT2D eigenvalue weighted by Gasteiger charge is -2.13. The highest BCUT2D eigenvalue weighted by Crippen LogP contribution is 2.35. The van der Waals surface area contributed by atoms with E-state index in [4.69, 9.17) is 0 Å². The van der Waals surface area contributed by atoms with E-state index in [0.29, 0.717) is 6.54 Å². The van der Waals surface area contributed by atoms with Crippen LogP contribution in [0.2, 0.25) is 0 Å². The molecule has 0 spiro atoms. The number of benzene rings is 2. The average Bonchev–Trinajstić information content (AvgIpc) is 2.52. The first kappa shape index (κ1) is 14.4. The van der Waals surface area contributed by atoms with Crippen LogP contribution in [0.25, 0.3) is 10.9 Å². The Balaban J connectivity index is 1.97. The molecule has 1 radical (unpaired) electrons. The minimum absolute atomic E-state index is 0.0801. The van der Waals surface area contributed by atoms with Crippen LogP contribution in [0.4, 0.5) is 19.0 Å². The minimum atomic E-state index is -4.42. The third kappa shape index (κ3) is 3.03. The molecule has 2 aromatic carbocycles. The molecule has 0 aliphatic rings. The van der Waals surface area contributed by atoms with Gasteiger partial charge in [0.1, 0.15) is 5.82 Å². The number of anilines is 1. The van der Waals surface area contributed by atoms with Gasteiger partial charge in [-0.3, -0.25) is 0 Å².